The number of rotatable bonds is 0. The Hall–Kier alpha value is 1.71. The fraction of sp³-hybridized carbons (Fsp3) is 0. The number of halogens is 2. The molecule has 0 aliphatic rings. The molecule has 0 aromatic carbocycles. The first-order valence-corrected chi connectivity index (χ1v) is 6.61. The number of hydrogen-bond donors (Lipinski definition) is 0. The Morgan fingerprint density at radius 3 is 0.556 bits per heavy atom. The topological polar surface area (TPSA) is 189 Å². The van der Waals surface area contributed by atoms with Crippen LogP contribution in [0.5, 0.6) is 0 Å². The van der Waals surface area contributed by atoms with Gasteiger partial charge in [-0.05, 0) is 0 Å². The van der Waals surface area contributed by atoms with Crippen molar-refractivity contribution in [1.82, 2.24) is 0 Å². The van der Waals surface area contributed by atoms with Gasteiger partial charge in [0.2, 0.25) is 0 Å². The molecule has 9 heavy (non-hydrogen) atoms. The van der Waals surface area contributed by atoms with Crippen LogP contribution in [0.3, 0.4) is 0 Å². The van der Waals surface area contributed by atoms with Crippen LogP contribution in [0, 0.1) is 0 Å². The van der Waals surface area contributed by atoms with Crippen LogP contribution in [-0.2, 0) is 8.07 Å². The van der Waals surface area contributed by atoms with Crippen molar-refractivity contribution in [3.8, 4) is 0 Å². The molecule has 0 bridgehead atoms. The predicted octanol–water partition coefficient (Wildman–Crippen LogP) is -3.18. The van der Waals surface area contributed by atoms with Crippen LogP contribution in [0.1, 0.15) is 0 Å². The monoisotopic (exact) mass is 420 g/mol. The van der Waals surface area contributed by atoms with Crippen molar-refractivity contribution in [1.29, 1.82) is 0 Å². The normalized spacial score (nSPS) is 2.44. The maximum atomic E-state index is 2.21. The summed E-state index contributed by atoms with van der Waals surface area (Å²) in [4.78, 5) is 0. The van der Waals surface area contributed by atoms with Gasteiger partial charge in [-0.15, -0.1) is 0 Å². The molecule has 0 radical (unpaired) electrons. The first-order valence-electron chi connectivity index (χ1n) is 0.239. The van der Waals surface area contributed by atoms with E-state index in [9.17, 15) is 0 Å². The minimum absolute atomic E-state index is 0. The van der Waals surface area contributed by atoms with Crippen molar-refractivity contribution in [2.45, 2.75) is 0 Å². The molecule has 0 unspecified atom stereocenters. The van der Waals surface area contributed by atoms with E-state index in [1.54, 1.807) is 8.07 Å². The molecule has 0 amide bonds. The third kappa shape index (κ3) is 197. The van der Waals surface area contributed by atoms with E-state index in [4.69, 9.17) is 0 Å². The van der Waals surface area contributed by atoms with E-state index in [1.165, 1.54) is 0 Å². The van der Waals surface area contributed by atoms with E-state index >= 15 is 0 Å². The van der Waals surface area contributed by atoms with Crippen molar-refractivity contribution in [2.24, 2.45) is 0 Å². The zero-order valence-electron chi connectivity index (χ0n) is 4.07. The molecule has 0 heterocycles. The first-order chi connectivity index (χ1) is 1.41. The summed E-state index contributed by atoms with van der Waals surface area (Å²) in [7, 11) is 1.56. The van der Waals surface area contributed by atoms with Crippen molar-refractivity contribution in [3.05, 3.63) is 0 Å². The van der Waals surface area contributed by atoms with Gasteiger partial charge in [-0.25, -0.2) is 0 Å². The average molecular weight is 421 g/mol. The van der Waals surface area contributed by atoms with Gasteiger partial charge in [-0.3, -0.25) is 0 Å². The van der Waals surface area contributed by atoms with Crippen LogP contribution in [0.2, 0.25) is 0 Å². The summed E-state index contributed by atoms with van der Waals surface area (Å²) >= 11 is 4.43. The van der Waals surface area contributed by atoms with Crippen molar-refractivity contribution in [3.63, 3.8) is 0 Å². The summed E-state index contributed by atoms with van der Waals surface area (Å²) in [5.41, 5.74) is 0. The third-order valence-corrected chi connectivity index (χ3v) is 0. The van der Waals surface area contributed by atoms with Crippen LogP contribution in [-0.4, -0.2) is 32.9 Å². The second-order valence-electron chi connectivity index (χ2n) is 0.0452. The summed E-state index contributed by atoms with van der Waals surface area (Å²) in [5, 5.41) is 0. The fourth-order valence-corrected chi connectivity index (χ4v) is 0. The Labute approximate surface area is 81.2 Å². The molecule has 72 valence electrons. The standard InChI is InChI=1S/2HI.Ni.6H2O/h2*1H;;6*1H2/q;;+2;;;;;;/p-2. The molecule has 0 saturated carbocycles. The van der Waals surface area contributed by atoms with Crippen molar-refractivity contribution < 1.29 is 40.9 Å². The molecule has 0 fully saturated rings. The second kappa shape index (κ2) is 100. The molecule has 0 rings (SSSR count). The molecule has 0 atom stereocenters. The summed E-state index contributed by atoms with van der Waals surface area (Å²) in [6.07, 6.45) is 0. The summed E-state index contributed by atoms with van der Waals surface area (Å²) in [5.74, 6) is 0. The first kappa shape index (κ1) is 73.3. The van der Waals surface area contributed by atoms with Crippen molar-refractivity contribution >= 4 is 41.0 Å². The van der Waals surface area contributed by atoms with Gasteiger partial charge >= 0.3 is 49.0 Å². The van der Waals surface area contributed by atoms with E-state index in [-0.39, 0.29) is 32.9 Å². The molecule has 0 spiro atoms. The number of hydrogen-bond acceptors (Lipinski definition) is 0. The maximum absolute atomic E-state index is 2.21. The van der Waals surface area contributed by atoms with Crippen LogP contribution < -0.4 is 0 Å². The molecule has 0 aliphatic heterocycles. The van der Waals surface area contributed by atoms with Gasteiger partial charge in [0.05, 0.1) is 0 Å². The van der Waals surface area contributed by atoms with Gasteiger partial charge in [0.25, 0.3) is 0 Å². The Morgan fingerprint density at radius 1 is 0.556 bits per heavy atom. The molecule has 12 N–H and O–H groups in total. The molecular weight excluding hydrogens is 408 g/mol. The molecule has 0 saturated heterocycles. The Bertz CT molecular complexity index is 11.0. The van der Waals surface area contributed by atoms with Gasteiger partial charge in [0, 0.05) is 0 Å². The van der Waals surface area contributed by atoms with E-state index in [2.05, 4.69) is 41.0 Å². The van der Waals surface area contributed by atoms with Crippen molar-refractivity contribution in [2.75, 3.05) is 0 Å². The Kier molecular flexibility index (Phi) is 816. The predicted molar refractivity (Wildman–Crippen MR) is 49.7 cm³/mol. The molecule has 9 heteroatoms. The van der Waals surface area contributed by atoms with Gasteiger partial charge in [0.15, 0.2) is 0 Å². The minimum atomic E-state index is 0. The fourth-order valence-electron chi connectivity index (χ4n) is 0. The molecular formula is H12I2NiO6. The summed E-state index contributed by atoms with van der Waals surface area (Å²) in [6, 6.07) is 0. The Balaban J connectivity index is -0.00000000133. The second-order valence-corrected chi connectivity index (χ2v) is 8.38. The van der Waals surface area contributed by atoms with Gasteiger partial charge in [-0.2, -0.15) is 0 Å². The zero-order chi connectivity index (χ0) is 2.71. The molecule has 0 aliphatic carbocycles. The molecule has 0 aromatic rings. The van der Waals surface area contributed by atoms with Gasteiger partial charge in [-0.1, -0.05) is 0 Å². The van der Waals surface area contributed by atoms with E-state index in [0.29, 0.717) is 0 Å². The summed E-state index contributed by atoms with van der Waals surface area (Å²) in [6.45, 7) is 0. The zero-order valence-corrected chi connectivity index (χ0v) is 9.37. The van der Waals surface area contributed by atoms with Crippen LogP contribution in [0.4, 0.5) is 0 Å². The average Bonchev–Trinajstić information content (AvgIpc) is 0.918. The van der Waals surface area contributed by atoms with E-state index in [0.717, 1.165) is 0 Å². The molecule has 0 aromatic heterocycles. The summed E-state index contributed by atoms with van der Waals surface area (Å²) < 4.78 is 0. The SMILES string of the molecule is O.O.O.O.O.O.[I][Ni][I]. The van der Waals surface area contributed by atoms with Gasteiger partial charge in [0.1, 0.15) is 0 Å². The van der Waals surface area contributed by atoms with Crippen LogP contribution in [0.25, 0.3) is 0 Å². The Morgan fingerprint density at radius 2 is 0.556 bits per heavy atom. The van der Waals surface area contributed by atoms with Crippen LogP contribution in [0.15, 0.2) is 0 Å². The van der Waals surface area contributed by atoms with E-state index < -0.39 is 0 Å². The van der Waals surface area contributed by atoms with Gasteiger partial charge < -0.3 is 32.9 Å². The quantitative estimate of drug-likeness (QED) is 0.282. The van der Waals surface area contributed by atoms with Crippen LogP contribution >= 0.6 is 41.0 Å². The molecule has 6 nitrogen and oxygen atoms in total. The van der Waals surface area contributed by atoms with E-state index in [1.807, 2.05) is 0 Å². The third-order valence-electron chi connectivity index (χ3n) is 0.